The van der Waals surface area contributed by atoms with Crippen LogP contribution in [0.1, 0.15) is 25.7 Å². The minimum Gasteiger partial charge on any atom is -0.384 e. The van der Waals surface area contributed by atoms with Crippen molar-refractivity contribution < 1.29 is 0 Å². The molecule has 88 valence electrons. The van der Waals surface area contributed by atoms with Gasteiger partial charge < -0.3 is 5.32 Å². The van der Waals surface area contributed by atoms with Crippen molar-refractivity contribution in [2.75, 3.05) is 11.9 Å². The van der Waals surface area contributed by atoms with Crippen LogP contribution in [0.3, 0.4) is 0 Å². The third kappa shape index (κ3) is 5.17. The number of rotatable bonds is 7. The smallest absolute Gasteiger partial charge is 0.0495 e. The van der Waals surface area contributed by atoms with Crippen LogP contribution in [0.5, 0.6) is 0 Å². The summed E-state index contributed by atoms with van der Waals surface area (Å²) in [5.74, 6) is 0. The molecule has 0 saturated carbocycles. The summed E-state index contributed by atoms with van der Waals surface area (Å²) in [5, 5.41) is 3.43. The zero-order chi connectivity index (χ0) is 11.8. The Morgan fingerprint density at radius 2 is 2.00 bits per heavy atom. The summed E-state index contributed by atoms with van der Waals surface area (Å²) in [6, 6.07) is 6.16. The minimum atomic E-state index is 1.02. The number of hydrogen-bond donors (Lipinski definition) is 1. The summed E-state index contributed by atoms with van der Waals surface area (Å²) in [7, 11) is 0. The summed E-state index contributed by atoms with van der Waals surface area (Å²) in [6.45, 7) is 4.74. The van der Waals surface area contributed by atoms with Crippen LogP contribution in [0, 0.1) is 0 Å². The van der Waals surface area contributed by atoms with Gasteiger partial charge in [-0.1, -0.05) is 28.4 Å². The predicted molar refractivity (Wildman–Crippen MR) is 79.0 cm³/mol. The van der Waals surface area contributed by atoms with Crippen LogP contribution in [-0.4, -0.2) is 6.54 Å². The lowest BCUT2D eigenvalue weighted by Gasteiger charge is -2.08. The Bertz CT molecular complexity index is 337. The van der Waals surface area contributed by atoms with E-state index in [1.165, 1.54) is 19.3 Å². The van der Waals surface area contributed by atoms with E-state index in [4.69, 9.17) is 0 Å². The van der Waals surface area contributed by atoms with Gasteiger partial charge in [0.15, 0.2) is 0 Å². The average molecular weight is 347 g/mol. The van der Waals surface area contributed by atoms with Crippen LogP contribution in [0.15, 0.2) is 39.8 Å². The Balaban J connectivity index is 2.26. The summed E-state index contributed by atoms with van der Waals surface area (Å²) in [4.78, 5) is 0. The molecule has 16 heavy (non-hydrogen) atoms. The molecular weight excluding hydrogens is 330 g/mol. The van der Waals surface area contributed by atoms with E-state index in [1.807, 2.05) is 18.2 Å². The third-order valence-electron chi connectivity index (χ3n) is 2.33. The third-order valence-corrected chi connectivity index (χ3v) is 3.51. The predicted octanol–water partition coefficient (Wildman–Crippen LogP) is 5.37. The van der Waals surface area contributed by atoms with Crippen molar-refractivity contribution in [3.05, 3.63) is 39.8 Å². The highest BCUT2D eigenvalue weighted by molar-refractivity contribution is 9.11. The van der Waals surface area contributed by atoms with Gasteiger partial charge in [0.1, 0.15) is 0 Å². The van der Waals surface area contributed by atoms with E-state index in [2.05, 4.69) is 49.8 Å². The fourth-order valence-corrected chi connectivity index (χ4v) is 2.19. The van der Waals surface area contributed by atoms with Crippen molar-refractivity contribution in [2.24, 2.45) is 0 Å². The number of unbranched alkanes of at least 4 members (excludes halogenated alkanes) is 3. The molecule has 0 aromatic heterocycles. The van der Waals surface area contributed by atoms with Gasteiger partial charge in [-0.15, -0.1) is 6.58 Å². The number of halogens is 2. The van der Waals surface area contributed by atoms with Crippen LogP contribution in [0.25, 0.3) is 0 Å². The maximum atomic E-state index is 3.72. The molecule has 0 spiro atoms. The Hall–Kier alpha value is -0.280. The molecule has 0 aliphatic carbocycles. The van der Waals surface area contributed by atoms with Crippen LogP contribution in [-0.2, 0) is 0 Å². The lowest BCUT2D eigenvalue weighted by Crippen LogP contribution is -2.01. The van der Waals surface area contributed by atoms with Crippen LogP contribution in [0.2, 0.25) is 0 Å². The zero-order valence-corrected chi connectivity index (χ0v) is 12.5. The maximum absolute atomic E-state index is 3.72. The van der Waals surface area contributed by atoms with Crippen molar-refractivity contribution in [1.82, 2.24) is 0 Å². The summed E-state index contributed by atoms with van der Waals surface area (Å²) < 4.78 is 2.21. The van der Waals surface area contributed by atoms with E-state index in [9.17, 15) is 0 Å². The lowest BCUT2D eigenvalue weighted by atomic mass is 10.2. The van der Waals surface area contributed by atoms with Gasteiger partial charge in [0.25, 0.3) is 0 Å². The molecule has 1 rings (SSSR count). The van der Waals surface area contributed by atoms with E-state index in [0.29, 0.717) is 0 Å². The topological polar surface area (TPSA) is 12.0 Å². The molecule has 0 aliphatic rings. The fourth-order valence-electron chi connectivity index (χ4n) is 1.45. The molecule has 0 fully saturated rings. The van der Waals surface area contributed by atoms with Crippen molar-refractivity contribution in [3.63, 3.8) is 0 Å². The van der Waals surface area contributed by atoms with Gasteiger partial charge in [0.2, 0.25) is 0 Å². The molecular formula is C13H17Br2N. The maximum Gasteiger partial charge on any atom is 0.0495 e. The molecule has 0 radical (unpaired) electrons. The molecule has 0 aliphatic heterocycles. The second kappa shape index (κ2) is 7.91. The van der Waals surface area contributed by atoms with Crippen molar-refractivity contribution >= 4 is 37.5 Å². The molecule has 1 aromatic carbocycles. The molecule has 1 N–H and O–H groups in total. The number of anilines is 1. The van der Waals surface area contributed by atoms with E-state index in [0.717, 1.165) is 27.6 Å². The van der Waals surface area contributed by atoms with E-state index in [-0.39, 0.29) is 0 Å². The molecule has 1 aromatic rings. The highest BCUT2D eigenvalue weighted by atomic mass is 79.9. The molecule has 0 saturated heterocycles. The van der Waals surface area contributed by atoms with Crippen molar-refractivity contribution in [1.29, 1.82) is 0 Å². The van der Waals surface area contributed by atoms with Gasteiger partial charge in [-0.3, -0.25) is 0 Å². The normalized spacial score (nSPS) is 10.1. The summed E-state index contributed by atoms with van der Waals surface area (Å²) in [6.07, 6.45) is 6.81. The van der Waals surface area contributed by atoms with Gasteiger partial charge in [0, 0.05) is 21.2 Å². The number of allylic oxidation sites excluding steroid dienone is 1. The first-order valence-corrected chi connectivity index (χ1v) is 7.12. The quantitative estimate of drug-likeness (QED) is 0.517. The Kier molecular flexibility index (Phi) is 6.81. The highest BCUT2D eigenvalue weighted by Gasteiger charge is 1.99. The summed E-state index contributed by atoms with van der Waals surface area (Å²) >= 11 is 7.00. The Morgan fingerprint density at radius 1 is 1.19 bits per heavy atom. The first-order chi connectivity index (χ1) is 7.74. The zero-order valence-electron chi connectivity index (χ0n) is 9.31. The Morgan fingerprint density at radius 3 is 2.75 bits per heavy atom. The van der Waals surface area contributed by atoms with Gasteiger partial charge in [-0.2, -0.15) is 0 Å². The highest BCUT2D eigenvalue weighted by Crippen LogP contribution is 2.26. The minimum absolute atomic E-state index is 1.02. The first-order valence-electron chi connectivity index (χ1n) is 5.54. The standard InChI is InChI=1S/C13H17Br2N/c1-2-3-4-5-6-9-16-13-10-11(14)7-8-12(13)15/h2,7-8,10,16H,1,3-6,9H2. The molecule has 3 heteroatoms. The van der Waals surface area contributed by atoms with Crippen LogP contribution < -0.4 is 5.32 Å². The monoisotopic (exact) mass is 345 g/mol. The first kappa shape index (κ1) is 13.8. The van der Waals surface area contributed by atoms with Crippen LogP contribution in [0.4, 0.5) is 5.69 Å². The van der Waals surface area contributed by atoms with Crippen molar-refractivity contribution in [3.8, 4) is 0 Å². The van der Waals surface area contributed by atoms with Gasteiger partial charge in [-0.05, 0) is 53.4 Å². The van der Waals surface area contributed by atoms with Gasteiger partial charge in [0.05, 0.1) is 0 Å². The Labute approximate surface area is 115 Å². The van der Waals surface area contributed by atoms with Gasteiger partial charge in [-0.25, -0.2) is 0 Å². The molecule has 0 unspecified atom stereocenters. The largest absolute Gasteiger partial charge is 0.384 e. The molecule has 0 heterocycles. The fraction of sp³-hybridized carbons (Fsp3) is 0.385. The summed E-state index contributed by atoms with van der Waals surface area (Å²) in [5.41, 5.74) is 1.15. The van der Waals surface area contributed by atoms with Crippen molar-refractivity contribution in [2.45, 2.75) is 25.7 Å². The lowest BCUT2D eigenvalue weighted by molar-refractivity contribution is 0.708. The molecule has 0 atom stereocenters. The van der Waals surface area contributed by atoms with Gasteiger partial charge >= 0.3 is 0 Å². The number of hydrogen-bond acceptors (Lipinski definition) is 1. The molecule has 1 nitrogen and oxygen atoms in total. The molecule has 0 bridgehead atoms. The van der Waals surface area contributed by atoms with E-state index in [1.54, 1.807) is 0 Å². The van der Waals surface area contributed by atoms with E-state index >= 15 is 0 Å². The number of nitrogens with one attached hydrogen (secondary N) is 1. The number of benzene rings is 1. The van der Waals surface area contributed by atoms with E-state index < -0.39 is 0 Å². The molecule has 0 amide bonds. The second-order valence-electron chi connectivity index (χ2n) is 3.69. The SMILES string of the molecule is C=CCCCCCNc1cc(Br)ccc1Br. The van der Waals surface area contributed by atoms with Crippen LogP contribution >= 0.6 is 31.9 Å². The second-order valence-corrected chi connectivity index (χ2v) is 5.46. The average Bonchev–Trinajstić information content (AvgIpc) is 2.28.